The molecule has 1 aromatic heterocycles. The van der Waals surface area contributed by atoms with E-state index in [1.165, 1.54) is 4.68 Å². The van der Waals surface area contributed by atoms with Crippen LogP contribution in [-0.2, 0) is 4.79 Å². The molecule has 1 aliphatic rings. The van der Waals surface area contributed by atoms with Crippen LogP contribution in [0.15, 0.2) is 36.0 Å². The number of nitrogens with zero attached hydrogens (tertiary/aromatic N) is 4. The van der Waals surface area contributed by atoms with Gasteiger partial charge in [0.05, 0.1) is 6.61 Å². The molecule has 0 radical (unpaired) electrons. The Kier molecular flexibility index (Phi) is 3.73. The van der Waals surface area contributed by atoms with E-state index in [1.54, 1.807) is 6.08 Å². The van der Waals surface area contributed by atoms with Crippen molar-refractivity contribution >= 4 is 11.9 Å². The number of hydrogen-bond acceptors (Lipinski definition) is 6. The number of carbonyl (C=O) groups is 1. The van der Waals surface area contributed by atoms with Crippen LogP contribution in [0.25, 0.3) is 0 Å². The lowest BCUT2D eigenvalue weighted by Gasteiger charge is -2.21. The number of nitrogens with one attached hydrogen (secondary N) is 1. The normalized spacial score (nSPS) is 16.4. The summed E-state index contributed by atoms with van der Waals surface area (Å²) in [6, 6.07) is 7.08. The minimum atomic E-state index is -1.05. The average molecular weight is 301 g/mol. The molecule has 1 aromatic carbocycles. The molecule has 2 heterocycles. The monoisotopic (exact) mass is 301 g/mol. The van der Waals surface area contributed by atoms with Gasteiger partial charge in [-0.1, -0.05) is 24.2 Å². The van der Waals surface area contributed by atoms with Gasteiger partial charge in [0.15, 0.2) is 0 Å². The van der Waals surface area contributed by atoms with Gasteiger partial charge in [-0.05, 0) is 40.6 Å². The van der Waals surface area contributed by atoms with Crippen LogP contribution in [0.5, 0.6) is 5.75 Å². The number of aromatic nitrogens is 4. The van der Waals surface area contributed by atoms with Gasteiger partial charge in [-0.15, -0.1) is 0 Å². The van der Waals surface area contributed by atoms with Crippen molar-refractivity contribution in [2.75, 3.05) is 11.9 Å². The highest BCUT2D eigenvalue weighted by Gasteiger charge is 2.26. The van der Waals surface area contributed by atoms with Gasteiger partial charge in [-0.2, -0.15) is 4.68 Å². The summed E-state index contributed by atoms with van der Waals surface area (Å²) in [5, 5.41) is 23.1. The Labute approximate surface area is 126 Å². The van der Waals surface area contributed by atoms with Crippen LogP contribution in [-0.4, -0.2) is 37.9 Å². The van der Waals surface area contributed by atoms with Gasteiger partial charge >= 0.3 is 5.97 Å². The number of carboxylic acid groups (broad SMARTS) is 1. The number of hydrogen-bond donors (Lipinski definition) is 2. The van der Waals surface area contributed by atoms with E-state index in [2.05, 4.69) is 20.8 Å². The Bertz CT molecular complexity index is 708. The van der Waals surface area contributed by atoms with Crippen LogP contribution in [0.3, 0.4) is 0 Å². The molecule has 0 fully saturated rings. The molecule has 0 unspecified atom stereocenters. The minimum Gasteiger partial charge on any atom is -0.494 e. The van der Waals surface area contributed by atoms with E-state index < -0.39 is 5.97 Å². The fourth-order valence-corrected chi connectivity index (χ4v) is 2.20. The number of fused-ring (bicyclic) bond motifs is 1. The molecule has 2 aromatic rings. The lowest BCUT2D eigenvalue weighted by Crippen LogP contribution is -2.24. The maximum Gasteiger partial charge on any atom is 0.352 e. The maximum atomic E-state index is 11.2. The van der Waals surface area contributed by atoms with Gasteiger partial charge in [-0.25, -0.2) is 4.79 Å². The third-order valence-corrected chi connectivity index (χ3v) is 3.25. The van der Waals surface area contributed by atoms with Crippen molar-refractivity contribution in [1.82, 2.24) is 20.2 Å². The quantitative estimate of drug-likeness (QED) is 0.861. The van der Waals surface area contributed by atoms with E-state index in [-0.39, 0.29) is 11.7 Å². The molecule has 2 N–H and O–H groups in total. The number of anilines is 1. The summed E-state index contributed by atoms with van der Waals surface area (Å²) in [7, 11) is 0. The van der Waals surface area contributed by atoms with Gasteiger partial charge in [0.1, 0.15) is 17.5 Å². The second kappa shape index (κ2) is 5.84. The Morgan fingerprint density at radius 2 is 2.18 bits per heavy atom. The fourth-order valence-electron chi connectivity index (χ4n) is 2.20. The Morgan fingerprint density at radius 3 is 2.86 bits per heavy atom. The third kappa shape index (κ3) is 2.62. The Balaban J connectivity index is 1.91. The summed E-state index contributed by atoms with van der Waals surface area (Å²) >= 11 is 0. The predicted octanol–water partition coefficient (Wildman–Crippen LogP) is 1.45. The number of tetrazole rings is 1. The van der Waals surface area contributed by atoms with Crippen LogP contribution < -0.4 is 10.1 Å². The first-order chi connectivity index (χ1) is 10.7. The molecule has 0 bridgehead atoms. The largest absolute Gasteiger partial charge is 0.494 e. The van der Waals surface area contributed by atoms with E-state index in [0.29, 0.717) is 12.6 Å². The molecule has 22 heavy (non-hydrogen) atoms. The van der Waals surface area contributed by atoms with Crippen molar-refractivity contribution in [2.24, 2.45) is 0 Å². The van der Waals surface area contributed by atoms with Gasteiger partial charge < -0.3 is 15.2 Å². The number of carboxylic acids is 1. The molecular formula is C14H15N5O3. The zero-order chi connectivity index (χ0) is 15.5. The van der Waals surface area contributed by atoms with Gasteiger partial charge in [0.25, 0.3) is 0 Å². The molecular weight excluding hydrogens is 286 g/mol. The maximum absolute atomic E-state index is 11.2. The topological polar surface area (TPSA) is 102 Å². The molecule has 1 atom stereocenters. The highest BCUT2D eigenvalue weighted by Crippen LogP contribution is 2.28. The number of rotatable bonds is 5. The number of aliphatic carboxylic acids is 1. The molecule has 0 saturated carbocycles. The van der Waals surface area contributed by atoms with E-state index in [9.17, 15) is 9.90 Å². The highest BCUT2D eigenvalue weighted by molar-refractivity contribution is 5.90. The zero-order valence-electron chi connectivity index (χ0n) is 11.9. The van der Waals surface area contributed by atoms with Gasteiger partial charge in [-0.3, -0.25) is 0 Å². The van der Waals surface area contributed by atoms with Crippen molar-refractivity contribution in [3.05, 3.63) is 41.6 Å². The van der Waals surface area contributed by atoms with Crippen LogP contribution in [0.1, 0.15) is 24.9 Å². The summed E-state index contributed by atoms with van der Waals surface area (Å²) in [6.07, 6.45) is 2.52. The summed E-state index contributed by atoms with van der Waals surface area (Å²) in [5.74, 6) is 0.0252. The van der Waals surface area contributed by atoms with Gasteiger partial charge in [0, 0.05) is 0 Å². The first-order valence-corrected chi connectivity index (χ1v) is 6.92. The molecule has 1 aliphatic heterocycles. The van der Waals surface area contributed by atoms with Crippen LogP contribution in [0, 0.1) is 0 Å². The summed E-state index contributed by atoms with van der Waals surface area (Å²) < 4.78 is 7.08. The van der Waals surface area contributed by atoms with Crippen LogP contribution in [0.2, 0.25) is 0 Å². The SMILES string of the molecule is CCCOc1ccc([C@H]2C=C(C(=O)O)Nc3nnnn32)cc1. The van der Waals surface area contributed by atoms with Crippen molar-refractivity contribution < 1.29 is 14.6 Å². The molecule has 114 valence electrons. The van der Waals surface area contributed by atoms with Gasteiger partial charge in [0.2, 0.25) is 5.95 Å². The summed E-state index contributed by atoms with van der Waals surface area (Å²) in [6.45, 7) is 2.70. The Hall–Kier alpha value is -2.90. The minimum absolute atomic E-state index is 0.0543. The Morgan fingerprint density at radius 1 is 1.41 bits per heavy atom. The number of ether oxygens (including phenoxy) is 1. The van der Waals surface area contributed by atoms with Crippen LogP contribution >= 0.6 is 0 Å². The standard InChI is InChI=1S/C14H15N5O3/c1-2-7-22-10-5-3-9(4-6-10)12-8-11(13(20)21)15-14-16-17-18-19(12)14/h3-6,8,12H,2,7H2,1H3,(H,20,21)(H,15,16,18)/t12-/m1/s1. The summed E-state index contributed by atoms with van der Waals surface area (Å²) in [5.41, 5.74) is 0.927. The van der Waals surface area contributed by atoms with E-state index >= 15 is 0 Å². The molecule has 3 rings (SSSR count). The van der Waals surface area contributed by atoms with Crippen molar-refractivity contribution in [1.29, 1.82) is 0 Å². The number of benzene rings is 1. The lowest BCUT2D eigenvalue weighted by molar-refractivity contribution is -0.132. The fraction of sp³-hybridized carbons (Fsp3) is 0.286. The average Bonchev–Trinajstić information content (AvgIpc) is 3.01. The van der Waals surface area contributed by atoms with E-state index in [1.807, 2.05) is 31.2 Å². The molecule has 0 aliphatic carbocycles. The zero-order valence-corrected chi connectivity index (χ0v) is 11.9. The van der Waals surface area contributed by atoms with E-state index in [0.717, 1.165) is 17.7 Å². The second-order valence-corrected chi connectivity index (χ2v) is 4.82. The van der Waals surface area contributed by atoms with Crippen molar-refractivity contribution in [2.45, 2.75) is 19.4 Å². The molecule has 8 heteroatoms. The molecule has 0 spiro atoms. The second-order valence-electron chi connectivity index (χ2n) is 4.82. The predicted molar refractivity (Wildman–Crippen MR) is 77.5 cm³/mol. The highest BCUT2D eigenvalue weighted by atomic mass is 16.5. The third-order valence-electron chi connectivity index (χ3n) is 3.25. The smallest absolute Gasteiger partial charge is 0.352 e. The summed E-state index contributed by atoms with van der Waals surface area (Å²) in [4.78, 5) is 11.2. The molecule has 8 nitrogen and oxygen atoms in total. The molecule has 0 saturated heterocycles. The van der Waals surface area contributed by atoms with Crippen LogP contribution in [0.4, 0.5) is 5.95 Å². The van der Waals surface area contributed by atoms with E-state index in [4.69, 9.17) is 4.74 Å². The first kappa shape index (κ1) is 14.1. The first-order valence-electron chi connectivity index (χ1n) is 6.92. The van der Waals surface area contributed by atoms with Crippen molar-refractivity contribution in [3.63, 3.8) is 0 Å². The van der Waals surface area contributed by atoms with Crippen molar-refractivity contribution in [3.8, 4) is 5.75 Å². The lowest BCUT2D eigenvalue weighted by atomic mass is 10.0. The number of allylic oxidation sites excluding steroid dienone is 1. The molecule has 0 amide bonds.